The summed E-state index contributed by atoms with van der Waals surface area (Å²) in [6.45, 7) is 6.92. The minimum atomic E-state index is -3.60. The van der Waals surface area contributed by atoms with Crippen LogP contribution in [0.3, 0.4) is 0 Å². The molecule has 0 aliphatic carbocycles. The predicted octanol–water partition coefficient (Wildman–Crippen LogP) is 2.22. The maximum atomic E-state index is 13.2. The van der Waals surface area contributed by atoms with E-state index in [-0.39, 0.29) is 18.7 Å². The lowest BCUT2D eigenvalue weighted by atomic mass is 10.1. The van der Waals surface area contributed by atoms with E-state index in [0.717, 1.165) is 16.7 Å². The number of aryl methyl sites for hydroxylation is 3. The van der Waals surface area contributed by atoms with Gasteiger partial charge in [-0.2, -0.15) is 4.31 Å². The van der Waals surface area contributed by atoms with Crippen LogP contribution in [-0.2, 0) is 10.0 Å². The second-order valence-electron chi connectivity index (χ2n) is 6.80. The third-order valence-corrected chi connectivity index (χ3v) is 6.96. The Morgan fingerprint density at radius 3 is 2.22 bits per heavy atom. The van der Waals surface area contributed by atoms with E-state index in [1.807, 2.05) is 37.8 Å². The summed E-state index contributed by atoms with van der Waals surface area (Å²) in [4.78, 5) is 17.8. The molecule has 1 aliphatic rings. The molecule has 27 heavy (non-hydrogen) atoms. The van der Waals surface area contributed by atoms with Crippen molar-refractivity contribution in [3.05, 3.63) is 52.7 Å². The van der Waals surface area contributed by atoms with Gasteiger partial charge in [-0.3, -0.25) is 0 Å². The molecule has 2 heterocycles. The summed E-state index contributed by atoms with van der Waals surface area (Å²) >= 11 is 0. The van der Waals surface area contributed by atoms with Crippen molar-refractivity contribution < 1.29 is 18.3 Å². The lowest BCUT2D eigenvalue weighted by Crippen LogP contribution is -2.49. The van der Waals surface area contributed by atoms with Crippen molar-refractivity contribution >= 4 is 21.8 Å². The van der Waals surface area contributed by atoms with E-state index >= 15 is 0 Å². The van der Waals surface area contributed by atoms with E-state index in [0.29, 0.717) is 23.8 Å². The molecule has 1 aromatic carbocycles. The quantitative estimate of drug-likeness (QED) is 0.862. The molecule has 0 radical (unpaired) electrons. The molecule has 1 saturated heterocycles. The van der Waals surface area contributed by atoms with E-state index in [4.69, 9.17) is 0 Å². The molecule has 0 unspecified atom stereocenters. The number of anilines is 1. The van der Waals surface area contributed by atoms with Gasteiger partial charge < -0.3 is 10.0 Å². The monoisotopic (exact) mass is 389 g/mol. The Balaban J connectivity index is 1.83. The smallest absolute Gasteiger partial charge is 0.339 e. The van der Waals surface area contributed by atoms with E-state index in [2.05, 4.69) is 4.98 Å². The Kier molecular flexibility index (Phi) is 5.21. The molecule has 0 saturated carbocycles. The minimum Gasteiger partial charge on any atom is -0.478 e. The van der Waals surface area contributed by atoms with Crippen molar-refractivity contribution in [2.75, 3.05) is 31.1 Å². The van der Waals surface area contributed by atoms with Crippen molar-refractivity contribution in [1.82, 2.24) is 9.29 Å². The predicted molar refractivity (Wildman–Crippen MR) is 103 cm³/mol. The van der Waals surface area contributed by atoms with E-state index in [9.17, 15) is 18.3 Å². The van der Waals surface area contributed by atoms with E-state index < -0.39 is 16.0 Å². The molecule has 8 heteroatoms. The van der Waals surface area contributed by atoms with Crippen LogP contribution in [0.15, 0.2) is 35.4 Å². The largest absolute Gasteiger partial charge is 0.478 e. The van der Waals surface area contributed by atoms with Crippen LogP contribution in [0.1, 0.15) is 27.0 Å². The third kappa shape index (κ3) is 3.68. The number of hydrogen-bond acceptors (Lipinski definition) is 5. The first-order valence-electron chi connectivity index (χ1n) is 8.73. The number of aromatic carboxylic acids is 1. The summed E-state index contributed by atoms with van der Waals surface area (Å²) in [5.41, 5.74) is 2.64. The topological polar surface area (TPSA) is 90.8 Å². The molecule has 0 amide bonds. The Morgan fingerprint density at radius 2 is 1.67 bits per heavy atom. The number of carbonyl (C=O) groups is 1. The molecule has 1 aliphatic heterocycles. The van der Waals surface area contributed by atoms with Crippen LogP contribution in [0, 0.1) is 20.8 Å². The molecular formula is C19H23N3O4S. The van der Waals surface area contributed by atoms with Gasteiger partial charge in [0.2, 0.25) is 10.0 Å². The fourth-order valence-corrected chi connectivity index (χ4v) is 5.49. The molecule has 0 spiro atoms. The average Bonchev–Trinajstić information content (AvgIpc) is 2.60. The van der Waals surface area contributed by atoms with E-state index in [1.165, 1.54) is 10.4 Å². The number of benzene rings is 1. The lowest BCUT2D eigenvalue weighted by molar-refractivity contribution is 0.0697. The maximum absolute atomic E-state index is 13.2. The second kappa shape index (κ2) is 7.28. The Hall–Kier alpha value is -2.45. The van der Waals surface area contributed by atoms with Crippen molar-refractivity contribution in [3.63, 3.8) is 0 Å². The second-order valence-corrected chi connectivity index (χ2v) is 8.67. The van der Waals surface area contributed by atoms with Gasteiger partial charge >= 0.3 is 5.97 Å². The van der Waals surface area contributed by atoms with Gasteiger partial charge in [-0.1, -0.05) is 17.7 Å². The van der Waals surface area contributed by atoms with Crippen LogP contribution in [0.2, 0.25) is 0 Å². The number of carboxylic acid groups (broad SMARTS) is 1. The van der Waals surface area contributed by atoms with Gasteiger partial charge in [-0.25, -0.2) is 18.2 Å². The zero-order chi connectivity index (χ0) is 19.8. The van der Waals surface area contributed by atoms with Gasteiger partial charge in [0.25, 0.3) is 0 Å². The van der Waals surface area contributed by atoms with Gasteiger partial charge in [-0.05, 0) is 44.0 Å². The number of sulfonamides is 1. The highest BCUT2D eigenvalue weighted by Gasteiger charge is 2.32. The zero-order valence-corrected chi connectivity index (χ0v) is 16.5. The molecule has 7 nitrogen and oxygen atoms in total. The number of hydrogen-bond donors (Lipinski definition) is 1. The van der Waals surface area contributed by atoms with Gasteiger partial charge in [-0.15, -0.1) is 0 Å². The number of piperazine rings is 1. The first kappa shape index (κ1) is 19.3. The summed E-state index contributed by atoms with van der Waals surface area (Å²) in [7, 11) is -3.60. The molecule has 0 atom stereocenters. The van der Waals surface area contributed by atoms with Crippen LogP contribution in [0.25, 0.3) is 0 Å². The fourth-order valence-electron chi connectivity index (χ4n) is 3.66. The lowest BCUT2D eigenvalue weighted by Gasteiger charge is -2.35. The molecule has 2 aromatic rings. The molecule has 1 N–H and O–H groups in total. The van der Waals surface area contributed by atoms with Gasteiger partial charge in [0.1, 0.15) is 11.4 Å². The number of pyridine rings is 1. The van der Waals surface area contributed by atoms with Crippen molar-refractivity contribution in [3.8, 4) is 0 Å². The zero-order valence-electron chi connectivity index (χ0n) is 15.6. The summed E-state index contributed by atoms with van der Waals surface area (Å²) in [6.07, 6.45) is 1.55. The summed E-state index contributed by atoms with van der Waals surface area (Å²) in [5, 5.41) is 9.34. The average molecular weight is 389 g/mol. The number of nitrogens with zero attached hydrogens (tertiary/aromatic N) is 3. The van der Waals surface area contributed by atoms with Crippen LogP contribution in [-0.4, -0.2) is 55.0 Å². The molecule has 3 rings (SSSR count). The molecule has 0 bridgehead atoms. The molecular weight excluding hydrogens is 366 g/mol. The fraction of sp³-hybridized carbons (Fsp3) is 0.368. The number of aromatic nitrogens is 1. The first-order valence-corrected chi connectivity index (χ1v) is 10.2. The first-order chi connectivity index (χ1) is 12.7. The summed E-state index contributed by atoms with van der Waals surface area (Å²) in [6, 6.07) is 6.84. The summed E-state index contributed by atoms with van der Waals surface area (Å²) in [5.74, 6) is -0.663. The standard InChI is InChI=1S/C19H23N3O4S/c1-13-11-14(2)17(15(3)12-13)27(25,26)22-9-7-21(8-10-22)18-16(19(23)24)5-4-6-20-18/h4-6,11-12H,7-10H2,1-3H3,(H,23,24). The third-order valence-electron chi connectivity index (χ3n) is 4.76. The normalized spacial score (nSPS) is 15.7. The van der Waals surface area contributed by atoms with Gasteiger partial charge in [0.15, 0.2) is 0 Å². The highest BCUT2D eigenvalue weighted by atomic mass is 32.2. The highest BCUT2D eigenvalue weighted by Crippen LogP contribution is 2.27. The Bertz CT molecular complexity index is 957. The van der Waals surface area contributed by atoms with Gasteiger partial charge in [0.05, 0.1) is 4.90 Å². The van der Waals surface area contributed by atoms with Crippen LogP contribution in [0.5, 0.6) is 0 Å². The molecule has 1 fully saturated rings. The Morgan fingerprint density at radius 1 is 1.07 bits per heavy atom. The van der Waals surface area contributed by atoms with E-state index in [1.54, 1.807) is 12.3 Å². The number of rotatable bonds is 4. The van der Waals surface area contributed by atoms with Gasteiger partial charge in [0, 0.05) is 32.4 Å². The van der Waals surface area contributed by atoms with Crippen molar-refractivity contribution in [2.24, 2.45) is 0 Å². The van der Waals surface area contributed by atoms with Crippen LogP contribution < -0.4 is 4.90 Å². The molecule has 1 aromatic heterocycles. The Labute approximate surface area is 159 Å². The maximum Gasteiger partial charge on any atom is 0.339 e. The summed E-state index contributed by atoms with van der Waals surface area (Å²) < 4.78 is 27.8. The number of carboxylic acids is 1. The van der Waals surface area contributed by atoms with Crippen LogP contribution >= 0.6 is 0 Å². The minimum absolute atomic E-state index is 0.124. The molecule has 144 valence electrons. The van der Waals surface area contributed by atoms with Crippen molar-refractivity contribution in [1.29, 1.82) is 0 Å². The highest BCUT2D eigenvalue weighted by molar-refractivity contribution is 7.89. The SMILES string of the molecule is Cc1cc(C)c(S(=O)(=O)N2CCN(c3ncccc3C(=O)O)CC2)c(C)c1. The van der Waals surface area contributed by atoms with Crippen LogP contribution in [0.4, 0.5) is 5.82 Å². The van der Waals surface area contributed by atoms with Crippen molar-refractivity contribution in [2.45, 2.75) is 25.7 Å².